The normalized spacial score (nSPS) is 16.6. The first-order chi connectivity index (χ1) is 9.27. The molecule has 0 heterocycles. The number of aliphatic hydroxyl groups is 1. The lowest BCUT2D eigenvalue weighted by Gasteiger charge is -2.35. The highest BCUT2D eigenvalue weighted by Gasteiger charge is 2.58. The molecular weight excluding hydrogens is 271 g/mol. The number of halogens is 3. The van der Waals surface area contributed by atoms with Crippen LogP contribution in [0.1, 0.15) is 32.3 Å². The van der Waals surface area contributed by atoms with Crippen molar-refractivity contribution in [2.75, 3.05) is 6.61 Å². The molecule has 0 amide bonds. The van der Waals surface area contributed by atoms with E-state index in [1.54, 1.807) is 0 Å². The molecule has 0 spiro atoms. The van der Waals surface area contributed by atoms with Crippen molar-refractivity contribution < 1.29 is 23.0 Å². The summed E-state index contributed by atoms with van der Waals surface area (Å²) >= 11 is 0. The average molecular weight is 291 g/mol. The molecule has 1 aromatic carbocycles. The minimum atomic E-state index is -4.84. The molecule has 1 aromatic rings. The van der Waals surface area contributed by atoms with Crippen LogP contribution in [0.4, 0.5) is 13.2 Å². The van der Waals surface area contributed by atoms with Gasteiger partial charge in [0.25, 0.3) is 0 Å². The zero-order valence-corrected chi connectivity index (χ0v) is 11.6. The Morgan fingerprint density at radius 1 is 1.20 bits per heavy atom. The number of hydrogen-bond donors (Lipinski definition) is 2. The summed E-state index contributed by atoms with van der Waals surface area (Å²) in [4.78, 5) is 0. The summed E-state index contributed by atoms with van der Waals surface area (Å²) in [7, 11) is 0. The topological polar surface area (TPSA) is 55.5 Å². The van der Waals surface area contributed by atoms with E-state index in [1.165, 1.54) is 31.2 Å². The van der Waals surface area contributed by atoms with Crippen LogP contribution in [-0.2, 0) is 5.60 Å². The molecular formula is C14H20F3NO2. The van der Waals surface area contributed by atoms with Gasteiger partial charge in [-0.1, -0.05) is 26.0 Å². The number of benzene rings is 1. The van der Waals surface area contributed by atoms with Crippen molar-refractivity contribution in [3.8, 4) is 5.75 Å². The third-order valence-electron chi connectivity index (χ3n) is 3.18. The molecule has 3 nitrogen and oxygen atoms in total. The van der Waals surface area contributed by atoms with Gasteiger partial charge in [0.2, 0.25) is 5.60 Å². The third kappa shape index (κ3) is 3.24. The molecule has 0 saturated carbocycles. The second-order valence-electron chi connectivity index (χ2n) is 4.65. The molecule has 2 unspecified atom stereocenters. The number of ether oxygens (including phenoxy) is 1. The maximum Gasteiger partial charge on any atom is 0.422 e. The summed E-state index contributed by atoms with van der Waals surface area (Å²) in [5, 5.41) is 10.1. The first-order valence-corrected chi connectivity index (χ1v) is 6.55. The Kier molecular flexibility index (Phi) is 5.42. The lowest BCUT2D eigenvalue weighted by molar-refractivity contribution is -0.274. The summed E-state index contributed by atoms with van der Waals surface area (Å²) in [5.41, 5.74) is 2.16. The Balaban J connectivity index is 3.10. The van der Waals surface area contributed by atoms with Gasteiger partial charge in [0.05, 0.1) is 6.61 Å². The van der Waals surface area contributed by atoms with Crippen LogP contribution >= 0.6 is 0 Å². The lowest BCUT2D eigenvalue weighted by atomic mass is 9.84. The lowest BCUT2D eigenvalue weighted by Crippen LogP contribution is -2.55. The molecule has 0 radical (unpaired) electrons. The van der Waals surface area contributed by atoms with Crippen molar-refractivity contribution in [2.45, 2.75) is 44.5 Å². The van der Waals surface area contributed by atoms with Crippen molar-refractivity contribution in [3.63, 3.8) is 0 Å². The Labute approximate surface area is 116 Å². The predicted octanol–water partition coefficient (Wildman–Crippen LogP) is 2.96. The summed E-state index contributed by atoms with van der Waals surface area (Å²) in [5.74, 6) is 0.463. The average Bonchev–Trinajstić information content (AvgIpc) is 2.42. The van der Waals surface area contributed by atoms with Gasteiger partial charge in [0.15, 0.2) is 0 Å². The fourth-order valence-electron chi connectivity index (χ4n) is 1.91. The first kappa shape index (κ1) is 16.8. The smallest absolute Gasteiger partial charge is 0.422 e. The molecule has 2 atom stereocenters. The zero-order valence-electron chi connectivity index (χ0n) is 11.6. The summed E-state index contributed by atoms with van der Waals surface area (Å²) in [6, 6.07) is 3.79. The fourth-order valence-corrected chi connectivity index (χ4v) is 1.91. The van der Waals surface area contributed by atoms with Gasteiger partial charge in [-0.25, -0.2) is 0 Å². The Morgan fingerprint density at radius 2 is 1.75 bits per heavy atom. The van der Waals surface area contributed by atoms with Crippen LogP contribution in [0.2, 0.25) is 0 Å². The van der Waals surface area contributed by atoms with Crippen molar-refractivity contribution in [1.82, 2.24) is 0 Å². The highest BCUT2D eigenvalue weighted by atomic mass is 19.4. The minimum absolute atomic E-state index is 0.00406. The predicted molar refractivity (Wildman–Crippen MR) is 70.4 cm³/mol. The van der Waals surface area contributed by atoms with Crippen LogP contribution in [0, 0.1) is 0 Å². The molecule has 0 saturated heterocycles. The first-order valence-electron chi connectivity index (χ1n) is 6.55. The molecule has 0 aliphatic rings. The molecule has 0 aromatic heterocycles. The van der Waals surface area contributed by atoms with Crippen LogP contribution in [0.25, 0.3) is 0 Å². The van der Waals surface area contributed by atoms with E-state index < -0.39 is 17.8 Å². The second kappa shape index (κ2) is 6.45. The second-order valence-corrected chi connectivity index (χ2v) is 4.65. The van der Waals surface area contributed by atoms with E-state index in [4.69, 9.17) is 10.5 Å². The van der Waals surface area contributed by atoms with E-state index in [-0.39, 0.29) is 12.0 Å². The van der Waals surface area contributed by atoms with Crippen LogP contribution < -0.4 is 10.5 Å². The molecule has 20 heavy (non-hydrogen) atoms. The van der Waals surface area contributed by atoms with E-state index in [0.29, 0.717) is 12.4 Å². The monoisotopic (exact) mass is 291 g/mol. The SMILES string of the molecule is CCCOc1ccc(C(O)(C(N)CC)C(F)(F)F)cc1. The summed E-state index contributed by atoms with van der Waals surface area (Å²) in [6.07, 6.45) is -4.03. The maximum absolute atomic E-state index is 13.2. The number of alkyl halides is 3. The van der Waals surface area contributed by atoms with E-state index in [9.17, 15) is 18.3 Å². The van der Waals surface area contributed by atoms with Crippen LogP contribution in [0.5, 0.6) is 5.75 Å². The molecule has 114 valence electrons. The quantitative estimate of drug-likeness (QED) is 0.847. The van der Waals surface area contributed by atoms with Crippen molar-refractivity contribution in [1.29, 1.82) is 0 Å². The molecule has 0 aliphatic carbocycles. The number of nitrogens with two attached hydrogens (primary N) is 1. The van der Waals surface area contributed by atoms with E-state index >= 15 is 0 Å². The highest BCUT2D eigenvalue weighted by molar-refractivity contribution is 5.33. The summed E-state index contributed by atoms with van der Waals surface area (Å²) < 4.78 is 44.8. The van der Waals surface area contributed by atoms with Gasteiger partial charge in [-0.15, -0.1) is 0 Å². The van der Waals surface area contributed by atoms with Crippen LogP contribution in [0.15, 0.2) is 24.3 Å². The maximum atomic E-state index is 13.2. The van der Waals surface area contributed by atoms with Crippen molar-refractivity contribution >= 4 is 0 Å². The fraction of sp³-hybridized carbons (Fsp3) is 0.571. The Hall–Kier alpha value is -1.27. The molecule has 0 aliphatic heterocycles. The Bertz CT molecular complexity index is 419. The van der Waals surface area contributed by atoms with Gasteiger partial charge in [-0.05, 0) is 30.5 Å². The van der Waals surface area contributed by atoms with Crippen molar-refractivity contribution in [3.05, 3.63) is 29.8 Å². The highest BCUT2D eigenvalue weighted by Crippen LogP contribution is 2.42. The van der Waals surface area contributed by atoms with Gasteiger partial charge in [-0.2, -0.15) is 13.2 Å². The zero-order chi connectivity index (χ0) is 15.4. The van der Waals surface area contributed by atoms with E-state index in [1.807, 2.05) is 6.92 Å². The third-order valence-corrected chi connectivity index (χ3v) is 3.18. The van der Waals surface area contributed by atoms with Crippen LogP contribution in [0.3, 0.4) is 0 Å². The van der Waals surface area contributed by atoms with E-state index in [2.05, 4.69) is 0 Å². The molecule has 3 N–H and O–H groups in total. The van der Waals surface area contributed by atoms with Gasteiger partial charge in [0, 0.05) is 6.04 Å². The summed E-state index contributed by atoms with van der Waals surface area (Å²) in [6.45, 7) is 3.91. The molecule has 6 heteroatoms. The van der Waals surface area contributed by atoms with Gasteiger partial charge >= 0.3 is 6.18 Å². The number of hydrogen-bond acceptors (Lipinski definition) is 3. The largest absolute Gasteiger partial charge is 0.494 e. The molecule has 1 rings (SSSR count). The molecule has 0 bridgehead atoms. The van der Waals surface area contributed by atoms with Crippen molar-refractivity contribution in [2.24, 2.45) is 5.73 Å². The van der Waals surface area contributed by atoms with Gasteiger partial charge in [-0.3, -0.25) is 0 Å². The Morgan fingerprint density at radius 3 is 2.15 bits per heavy atom. The molecule has 0 fully saturated rings. The van der Waals surface area contributed by atoms with Gasteiger partial charge < -0.3 is 15.6 Å². The van der Waals surface area contributed by atoms with E-state index in [0.717, 1.165) is 6.42 Å². The standard InChI is InChI=1S/C14H20F3NO2/c1-3-9-20-11-7-5-10(6-8-11)13(19,12(18)4-2)14(15,16)17/h5-8,12,19H,3-4,9,18H2,1-2H3. The van der Waals surface area contributed by atoms with Crippen LogP contribution in [-0.4, -0.2) is 23.9 Å². The van der Waals surface area contributed by atoms with Gasteiger partial charge in [0.1, 0.15) is 5.75 Å². The minimum Gasteiger partial charge on any atom is -0.494 e. The number of rotatable bonds is 6.